The number of amides is 1. The summed E-state index contributed by atoms with van der Waals surface area (Å²) in [6.07, 6.45) is 0.118. The summed E-state index contributed by atoms with van der Waals surface area (Å²) in [7, 11) is 0. The highest BCUT2D eigenvalue weighted by molar-refractivity contribution is 9.10. The number of anilines is 1. The standard InChI is InChI=1S/C16H15BrClNO2/c1-10(2)21-13-6-4-12(5-7-13)19-16(20)14-8-3-11(17)9-15(14)18/h3-10H,1-2H3,(H,19,20). The summed E-state index contributed by atoms with van der Waals surface area (Å²) in [5, 5.41) is 3.21. The molecule has 0 radical (unpaired) electrons. The molecule has 0 unspecified atom stereocenters. The molecule has 21 heavy (non-hydrogen) atoms. The van der Waals surface area contributed by atoms with Gasteiger partial charge in [0.25, 0.3) is 5.91 Å². The molecule has 0 aliphatic carbocycles. The molecule has 2 aromatic carbocycles. The van der Waals surface area contributed by atoms with Crippen LogP contribution in [0.15, 0.2) is 46.9 Å². The van der Waals surface area contributed by atoms with Gasteiger partial charge < -0.3 is 10.1 Å². The minimum Gasteiger partial charge on any atom is -0.491 e. The lowest BCUT2D eigenvalue weighted by Gasteiger charge is -2.11. The van der Waals surface area contributed by atoms with Gasteiger partial charge in [-0.25, -0.2) is 0 Å². The molecule has 0 heterocycles. The largest absolute Gasteiger partial charge is 0.491 e. The van der Waals surface area contributed by atoms with Crippen LogP contribution in [0.1, 0.15) is 24.2 Å². The second-order valence-electron chi connectivity index (χ2n) is 4.77. The van der Waals surface area contributed by atoms with Crippen molar-refractivity contribution >= 4 is 39.1 Å². The highest BCUT2D eigenvalue weighted by atomic mass is 79.9. The van der Waals surface area contributed by atoms with Crippen molar-refractivity contribution in [2.45, 2.75) is 20.0 Å². The Morgan fingerprint density at radius 1 is 1.19 bits per heavy atom. The Labute approximate surface area is 137 Å². The molecule has 0 aliphatic rings. The van der Waals surface area contributed by atoms with Crippen LogP contribution in [0, 0.1) is 0 Å². The summed E-state index contributed by atoms with van der Waals surface area (Å²) in [5.74, 6) is 0.523. The molecule has 0 fully saturated rings. The minimum atomic E-state index is -0.245. The Balaban J connectivity index is 2.08. The van der Waals surface area contributed by atoms with Crippen molar-refractivity contribution in [3.8, 4) is 5.75 Å². The number of carbonyl (C=O) groups excluding carboxylic acids is 1. The average Bonchev–Trinajstić information content (AvgIpc) is 2.40. The third-order valence-corrected chi connectivity index (χ3v) is 3.47. The van der Waals surface area contributed by atoms with Crippen LogP contribution in [0.25, 0.3) is 0 Å². The van der Waals surface area contributed by atoms with E-state index in [-0.39, 0.29) is 12.0 Å². The zero-order chi connectivity index (χ0) is 15.4. The molecule has 0 saturated carbocycles. The SMILES string of the molecule is CC(C)Oc1ccc(NC(=O)c2ccc(Br)cc2Cl)cc1. The highest BCUT2D eigenvalue weighted by Crippen LogP contribution is 2.23. The summed E-state index contributed by atoms with van der Waals surface area (Å²) in [5.41, 5.74) is 1.12. The van der Waals surface area contributed by atoms with E-state index in [1.165, 1.54) is 0 Å². The molecule has 2 rings (SSSR count). The fraction of sp³-hybridized carbons (Fsp3) is 0.188. The number of hydrogen-bond donors (Lipinski definition) is 1. The normalized spacial score (nSPS) is 10.5. The molecule has 3 nitrogen and oxygen atoms in total. The van der Waals surface area contributed by atoms with E-state index in [1.54, 1.807) is 30.3 Å². The number of ether oxygens (including phenoxy) is 1. The first-order chi connectivity index (χ1) is 9.95. The lowest BCUT2D eigenvalue weighted by atomic mass is 10.2. The van der Waals surface area contributed by atoms with Crippen molar-refractivity contribution in [2.24, 2.45) is 0 Å². The maximum absolute atomic E-state index is 12.2. The van der Waals surface area contributed by atoms with Gasteiger partial charge in [-0.1, -0.05) is 27.5 Å². The van der Waals surface area contributed by atoms with Crippen LogP contribution in [0.5, 0.6) is 5.75 Å². The van der Waals surface area contributed by atoms with E-state index in [1.807, 2.05) is 26.0 Å². The molecule has 0 atom stereocenters. The first kappa shape index (κ1) is 15.9. The molecule has 0 aliphatic heterocycles. The summed E-state index contributed by atoms with van der Waals surface area (Å²) in [6.45, 7) is 3.93. The maximum Gasteiger partial charge on any atom is 0.257 e. The van der Waals surface area contributed by atoms with Gasteiger partial charge in [-0.15, -0.1) is 0 Å². The molecule has 5 heteroatoms. The Morgan fingerprint density at radius 3 is 2.43 bits per heavy atom. The van der Waals surface area contributed by atoms with Gasteiger partial charge in [0, 0.05) is 10.2 Å². The van der Waals surface area contributed by atoms with E-state index >= 15 is 0 Å². The molecule has 110 valence electrons. The van der Waals surface area contributed by atoms with E-state index in [2.05, 4.69) is 21.2 Å². The number of hydrogen-bond acceptors (Lipinski definition) is 2. The highest BCUT2D eigenvalue weighted by Gasteiger charge is 2.11. The monoisotopic (exact) mass is 367 g/mol. The number of rotatable bonds is 4. The van der Waals surface area contributed by atoms with Crippen LogP contribution in [0.4, 0.5) is 5.69 Å². The fourth-order valence-corrected chi connectivity index (χ4v) is 2.52. The van der Waals surface area contributed by atoms with Crippen LogP contribution < -0.4 is 10.1 Å². The van der Waals surface area contributed by atoms with E-state index in [9.17, 15) is 4.79 Å². The Kier molecular flexibility index (Phi) is 5.26. The molecular weight excluding hydrogens is 354 g/mol. The van der Waals surface area contributed by atoms with Gasteiger partial charge in [0.2, 0.25) is 0 Å². The zero-order valence-corrected chi connectivity index (χ0v) is 14.0. The molecule has 0 saturated heterocycles. The van der Waals surface area contributed by atoms with E-state index in [0.29, 0.717) is 16.3 Å². The van der Waals surface area contributed by atoms with Crippen LogP contribution >= 0.6 is 27.5 Å². The number of benzene rings is 2. The number of nitrogens with one attached hydrogen (secondary N) is 1. The van der Waals surface area contributed by atoms with Gasteiger partial charge in [0.1, 0.15) is 5.75 Å². The summed E-state index contributed by atoms with van der Waals surface area (Å²) in [6, 6.07) is 12.4. The molecule has 0 aromatic heterocycles. The van der Waals surface area contributed by atoms with Crippen LogP contribution in [0.2, 0.25) is 5.02 Å². The van der Waals surface area contributed by atoms with Crippen LogP contribution in [0.3, 0.4) is 0 Å². The van der Waals surface area contributed by atoms with E-state index in [0.717, 1.165) is 10.2 Å². The maximum atomic E-state index is 12.2. The summed E-state index contributed by atoms with van der Waals surface area (Å²) < 4.78 is 6.38. The smallest absolute Gasteiger partial charge is 0.257 e. The van der Waals surface area contributed by atoms with Gasteiger partial charge >= 0.3 is 0 Å². The first-order valence-electron chi connectivity index (χ1n) is 6.49. The molecular formula is C16H15BrClNO2. The third-order valence-electron chi connectivity index (χ3n) is 2.66. The predicted molar refractivity (Wildman–Crippen MR) is 89.3 cm³/mol. The summed E-state index contributed by atoms with van der Waals surface area (Å²) in [4.78, 5) is 12.2. The van der Waals surface area contributed by atoms with Crippen molar-refractivity contribution in [1.29, 1.82) is 0 Å². The van der Waals surface area contributed by atoms with Gasteiger partial charge in [-0.2, -0.15) is 0 Å². The lowest BCUT2D eigenvalue weighted by Crippen LogP contribution is -2.12. The Hall–Kier alpha value is -1.52. The second-order valence-corrected chi connectivity index (χ2v) is 6.09. The molecule has 2 aromatic rings. The van der Waals surface area contributed by atoms with Crippen molar-refractivity contribution in [3.63, 3.8) is 0 Å². The molecule has 1 amide bonds. The Bertz CT molecular complexity index is 641. The Morgan fingerprint density at radius 2 is 1.86 bits per heavy atom. The quantitative estimate of drug-likeness (QED) is 0.811. The minimum absolute atomic E-state index is 0.118. The van der Waals surface area contributed by atoms with Crippen molar-refractivity contribution < 1.29 is 9.53 Å². The molecule has 0 bridgehead atoms. The van der Waals surface area contributed by atoms with Crippen LogP contribution in [-0.2, 0) is 0 Å². The zero-order valence-electron chi connectivity index (χ0n) is 11.7. The number of carbonyl (C=O) groups is 1. The van der Waals surface area contributed by atoms with Crippen molar-refractivity contribution in [1.82, 2.24) is 0 Å². The predicted octanol–water partition coefficient (Wildman–Crippen LogP) is 5.14. The fourth-order valence-electron chi connectivity index (χ4n) is 1.76. The van der Waals surface area contributed by atoms with E-state index in [4.69, 9.17) is 16.3 Å². The molecule has 0 spiro atoms. The van der Waals surface area contributed by atoms with E-state index < -0.39 is 0 Å². The van der Waals surface area contributed by atoms with Gasteiger partial charge in [0.05, 0.1) is 16.7 Å². The van der Waals surface area contributed by atoms with Crippen molar-refractivity contribution in [3.05, 3.63) is 57.5 Å². The lowest BCUT2D eigenvalue weighted by molar-refractivity contribution is 0.102. The van der Waals surface area contributed by atoms with Gasteiger partial charge in [-0.3, -0.25) is 4.79 Å². The van der Waals surface area contributed by atoms with Gasteiger partial charge in [-0.05, 0) is 56.3 Å². The topological polar surface area (TPSA) is 38.3 Å². The van der Waals surface area contributed by atoms with Crippen LogP contribution in [-0.4, -0.2) is 12.0 Å². The first-order valence-corrected chi connectivity index (χ1v) is 7.66. The van der Waals surface area contributed by atoms with Crippen molar-refractivity contribution in [2.75, 3.05) is 5.32 Å². The summed E-state index contributed by atoms with van der Waals surface area (Å²) >= 11 is 9.37. The number of halogens is 2. The second kappa shape index (κ2) is 6.96. The third kappa shape index (κ3) is 4.48. The average molecular weight is 369 g/mol. The van der Waals surface area contributed by atoms with Gasteiger partial charge in [0.15, 0.2) is 0 Å². The molecule has 1 N–H and O–H groups in total.